The fraction of sp³-hybridized carbons (Fsp3) is 0. The molecule has 0 unspecified atom stereocenters. The van der Waals surface area contributed by atoms with Crippen molar-refractivity contribution in [2.75, 3.05) is 0 Å². The molecule has 0 amide bonds. The SMILES string of the molecule is O=C(O)c1cc2nc(-c3ccccc3Cl)[nH]c2cc1F. The zero-order valence-electron chi connectivity index (χ0n) is 10.0. The van der Waals surface area contributed by atoms with Gasteiger partial charge in [-0.05, 0) is 18.2 Å². The van der Waals surface area contributed by atoms with Crippen LogP contribution in [0.4, 0.5) is 4.39 Å². The Morgan fingerprint density at radius 2 is 2.05 bits per heavy atom. The first-order valence-corrected chi connectivity index (χ1v) is 6.11. The monoisotopic (exact) mass is 290 g/mol. The van der Waals surface area contributed by atoms with Crippen LogP contribution in [0.2, 0.25) is 5.02 Å². The highest BCUT2D eigenvalue weighted by Crippen LogP contribution is 2.28. The Labute approximate surface area is 117 Å². The molecule has 6 heteroatoms. The summed E-state index contributed by atoms with van der Waals surface area (Å²) in [6.45, 7) is 0. The van der Waals surface area contributed by atoms with Crippen LogP contribution in [0.1, 0.15) is 10.4 Å². The maximum absolute atomic E-state index is 13.6. The number of aromatic carboxylic acids is 1. The molecule has 0 bridgehead atoms. The number of carboxylic acids is 1. The third-order valence-electron chi connectivity index (χ3n) is 2.93. The van der Waals surface area contributed by atoms with E-state index in [1.807, 2.05) is 0 Å². The Balaban J connectivity index is 2.21. The smallest absolute Gasteiger partial charge is 0.338 e. The zero-order chi connectivity index (χ0) is 14.3. The number of fused-ring (bicyclic) bond motifs is 1. The summed E-state index contributed by atoms with van der Waals surface area (Å²) in [4.78, 5) is 18.1. The minimum absolute atomic E-state index is 0.374. The number of imidazole rings is 1. The molecule has 0 radical (unpaired) electrons. The maximum Gasteiger partial charge on any atom is 0.338 e. The van der Waals surface area contributed by atoms with E-state index in [1.165, 1.54) is 6.07 Å². The molecule has 1 heterocycles. The lowest BCUT2D eigenvalue weighted by Crippen LogP contribution is -1.99. The Morgan fingerprint density at radius 1 is 1.30 bits per heavy atom. The first-order chi connectivity index (χ1) is 9.56. The highest BCUT2D eigenvalue weighted by atomic mass is 35.5. The number of H-pyrrole nitrogens is 1. The van der Waals surface area contributed by atoms with Crippen LogP contribution in [-0.2, 0) is 0 Å². The number of nitrogens with zero attached hydrogens (tertiary/aromatic N) is 1. The van der Waals surface area contributed by atoms with Crippen LogP contribution >= 0.6 is 11.6 Å². The minimum atomic E-state index is -1.33. The largest absolute Gasteiger partial charge is 0.478 e. The molecular formula is C14H8ClFN2O2. The first-order valence-electron chi connectivity index (χ1n) is 5.73. The van der Waals surface area contributed by atoms with Gasteiger partial charge in [-0.25, -0.2) is 14.2 Å². The van der Waals surface area contributed by atoms with Gasteiger partial charge in [0, 0.05) is 11.6 Å². The molecule has 0 aliphatic heterocycles. The molecule has 2 N–H and O–H groups in total. The van der Waals surface area contributed by atoms with Crippen LogP contribution in [0.5, 0.6) is 0 Å². The molecule has 0 saturated carbocycles. The third kappa shape index (κ3) is 2.02. The van der Waals surface area contributed by atoms with Crippen molar-refractivity contribution in [1.29, 1.82) is 0 Å². The molecule has 0 fully saturated rings. The standard InChI is InChI=1S/C14H8ClFN2O2/c15-9-4-2-1-3-7(9)13-17-11-5-8(14(19)20)10(16)6-12(11)18-13/h1-6H,(H,17,18)(H,19,20). The molecule has 0 atom stereocenters. The summed E-state index contributed by atoms with van der Waals surface area (Å²) in [7, 11) is 0. The molecule has 3 aromatic rings. The number of hydrogen-bond donors (Lipinski definition) is 2. The number of halogens is 2. The van der Waals surface area contributed by atoms with Crippen LogP contribution in [0.25, 0.3) is 22.4 Å². The minimum Gasteiger partial charge on any atom is -0.478 e. The van der Waals surface area contributed by atoms with Crippen molar-refractivity contribution >= 4 is 28.6 Å². The fourth-order valence-electron chi connectivity index (χ4n) is 1.98. The van der Waals surface area contributed by atoms with Crippen molar-refractivity contribution in [2.45, 2.75) is 0 Å². The van der Waals surface area contributed by atoms with Gasteiger partial charge in [-0.3, -0.25) is 0 Å². The number of nitrogens with one attached hydrogen (secondary N) is 1. The Kier molecular flexibility index (Phi) is 2.91. The zero-order valence-corrected chi connectivity index (χ0v) is 10.8. The summed E-state index contributed by atoms with van der Waals surface area (Å²) < 4.78 is 13.6. The predicted molar refractivity (Wildman–Crippen MR) is 73.5 cm³/mol. The van der Waals surface area contributed by atoms with Gasteiger partial charge < -0.3 is 10.1 Å². The number of benzene rings is 2. The molecule has 0 aliphatic carbocycles. The van der Waals surface area contributed by atoms with E-state index in [-0.39, 0.29) is 0 Å². The molecule has 2 aromatic carbocycles. The lowest BCUT2D eigenvalue weighted by Gasteiger charge is -1.98. The van der Waals surface area contributed by atoms with Crippen LogP contribution < -0.4 is 0 Å². The van der Waals surface area contributed by atoms with Gasteiger partial charge in [0.05, 0.1) is 21.6 Å². The van der Waals surface area contributed by atoms with Gasteiger partial charge in [0.2, 0.25) is 0 Å². The second-order valence-corrected chi connectivity index (χ2v) is 4.63. The summed E-state index contributed by atoms with van der Waals surface area (Å²) >= 11 is 6.07. The average molecular weight is 291 g/mol. The van der Waals surface area contributed by atoms with E-state index in [0.29, 0.717) is 27.4 Å². The predicted octanol–water partition coefficient (Wildman–Crippen LogP) is 3.72. The van der Waals surface area contributed by atoms with Crippen molar-refractivity contribution in [3.8, 4) is 11.4 Å². The number of rotatable bonds is 2. The summed E-state index contributed by atoms with van der Waals surface area (Å²) in [5, 5.41) is 9.40. The molecule has 0 aliphatic rings. The van der Waals surface area contributed by atoms with Crippen LogP contribution in [-0.4, -0.2) is 21.0 Å². The number of hydrogen-bond acceptors (Lipinski definition) is 2. The Hall–Kier alpha value is -2.40. The van der Waals surface area contributed by atoms with E-state index >= 15 is 0 Å². The topological polar surface area (TPSA) is 66.0 Å². The van der Waals surface area contributed by atoms with Crippen molar-refractivity contribution in [3.05, 3.63) is 52.8 Å². The Bertz CT molecular complexity index is 829. The van der Waals surface area contributed by atoms with Crippen molar-refractivity contribution in [3.63, 3.8) is 0 Å². The summed E-state index contributed by atoms with van der Waals surface area (Å²) in [6.07, 6.45) is 0. The molecule has 100 valence electrons. The quantitative estimate of drug-likeness (QED) is 0.756. The highest BCUT2D eigenvalue weighted by Gasteiger charge is 2.15. The number of carboxylic acid groups (broad SMARTS) is 1. The van der Waals surface area contributed by atoms with E-state index in [4.69, 9.17) is 16.7 Å². The summed E-state index contributed by atoms with van der Waals surface area (Å²) in [6, 6.07) is 9.40. The lowest BCUT2D eigenvalue weighted by molar-refractivity contribution is 0.0692. The molecule has 20 heavy (non-hydrogen) atoms. The third-order valence-corrected chi connectivity index (χ3v) is 3.26. The molecule has 1 aromatic heterocycles. The Morgan fingerprint density at radius 3 is 2.75 bits per heavy atom. The second-order valence-electron chi connectivity index (χ2n) is 4.22. The van der Waals surface area contributed by atoms with Crippen molar-refractivity contribution < 1.29 is 14.3 Å². The normalized spacial score (nSPS) is 10.9. The van der Waals surface area contributed by atoms with Crippen molar-refractivity contribution in [1.82, 2.24) is 9.97 Å². The van der Waals surface area contributed by atoms with Crippen LogP contribution in [0.3, 0.4) is 0 Å². The first kappa shape index (κ1) is 12.6. The summed E-state index contributed by atoms with van der Waals surface area (Å²) in [5.41, 5.74) is 1.05. The molecule has 0 saturated heterocycles. The van der Waals surface area contributed by atoms with E-state index in [1.54, 1.807) is 24.3 Å². The van der Waals surface area contributed by atoms with Crippen LogP contribution in [0, 0.1) is 5.82 Å². The molecular weight excluding hydrogens is 283 g/mol. The van der Waals surface area contributed by atoms with Crippen LogP contribution in [0.15, 0.2) is 36.4 Å². The van der Waals surface area contributed by atoms with Gasteiger partial charge in [-0.2, -0.15) is 0 Å². The van der Waals surface area contributed by atoms with Gasteiger partial charge >= 0.3 is 5.97 Å². The number of aromatic amines is 1. The van der Waals surface area contributed by atoms with Gasteiger partial charge in [0.1, 0.15) is 11.6 Å². The van der Waals surface area contributed by atoms with Gasteiger partial charge in [-0.1, -0.05) is 23.7 Å². The van der Waals surface area contributed by atoms with Gasteiger partial charge in [-0.15, -0.1) is 0 Å². The van der Waals surface area contributed by atoms with Gasteiger partial charge in [0.25, 0.3) is 0 Å². The summed E-state index contributed by atoms with van der Waals surface area (Å²) in [5.74, 6) is -1.67. The van der Waals surface area contributed by atoms with E-state index in [0.717, 1.165) is 6.07 Å². The highest BCUT2D eigenvalue weighted by molar-refractivity contribution is 6.33. The lowest BCUT2D eigenvalue weighted by atomic mass is 10.2. The van der Waals surface area contributed by atoms with Gasteiger partial charge in [0.15, 0.2) is 0 Å². The number of aromatic nitrogens is 2. The molecule has 4 nitrogen and oxygen atoms in total. The van der Waals surface area contributed by atoms with Crippen molar-refractivity contribution in [2.24, 2.45) is 0 Å². The molecule has 0 spiro atoms. The number of carbonyl (C=O) groups is 1. The van der Waals surface area contributed by atoms with E-state index < -0.39 is 17.3 Å². The molecule has 3 rings (SSSR count). The second kappa shape index (κ2) is 4.61. The average Bonchev–Trinajstić information content (AvgIpc) is 2.80. The van der Waals surface area contributed by atoms with E-state index in [2.05, 4.69) is 9.97 Å². The maximum atomic E-state index is 13.6. The van der Waals surface area contributed by atoms with E-state index in [9.17, 15) is 9.18 Å². The fourth-order valence-corrected chi connectivity index (χ4v) is 2.20.